The lowest BCUT2D eigenvalue weighted by molar-refractivity contribution is -0.858. The van der Waals surface area contributed by atoms with Gasteiger partial charge >= 0.3 is 12.0 Å². The second kappa shape index (κ2) is 9.92. The minimum absolute atomic E-state index is 0.0256. The number of carbonyl (C=O) groups is 2. The average molecular weight is 481 g/mol. The van der Waals surface area contributed by atoms with Gasteiger partial charge in [-0.25, -0.2) is 19.1 Å². The van der Waals surface area contributed by atoms with Crippen LogP contribution in [0.15, 0.2) is 46.9 Å². The lowest BCUT2D eigenvalue weighted by Gasteiger charge is -2.31. The maximum absolute atomic E-state index is 13.0. The molecule has 1 atom stereocenters. The molecule has 1 unspecified atom stereocenters. The molecule has 2 amide bonds. The van der Waals surface area contributed by atoms with Gasteiger partial charge in [0, 0.05) is 18.2 Å². The van der Waals surface area contributed by atoms with E-state index < -0.39 is 11.6 Å². The lowest BCUT2D eigenvalue weighted by Crippen LogP contribution is -2.52. The van der Waals surface area contributed by atoms with E-state index in [9.17, 15) is 14.7 Å². The fourth-order valence-electron chi connectivity index (χ4n) is 4.07. The molecule has 0 saturated carbocycles. The van der Waals surface area contributed by atoms with Crippen molar-refractivity contribution in [2.24, 2.45) is 0 Å². The maximum atomic E-state index is 13.0. The van der Waals surface area contributed by atoms with Crippen LogP contribution in [0.2, 0.25) is 0 Å². The summed E-state index contributed by atoms with van der Waals surface area (Å²) in [5.74, 6) is 0.692. The van der Waals surface area contributed by atoms with Crippen LogP contribution in [-0.2, 0) is 17.9 Å². The van der Waals surface area contributed by atoms with E-state index in [1.807, 2.05) is 70.3 Å². The third-order valence-electron chi connectivity index (χ3n) is 6.04. The molecule has 0 aliphatic carbocycles. The summed E-state index contributed by atoms with van der Waals surface area (Å²) in [5, 5.41) is 12.2. The van der Waals surface area contributed by atoms with Crippen LogP contribution < -0.4 is 10.1 Å². The number of urea groups is 1. The number of hydrogen-bond donors (Lipinski definition) is 2. The zero-order chi connectivity index (χ0) is 26.0. The van der Waals surface area contributed by atoms with Gasteiger partial charge in [-0.05, 0) is 70.0 Å². The molecule has 3 aromatic rings. The Bertz CT molecular complexity index is 1210. The first-order valence-electron chi connectivity index (χ1n) is 11.5. The van der Waals surface area contributed by atoms with Crippen LogP contribution in [0.4, 0.5) is 4.79 Å². The molecule has 0 aliphatic rings. The van der Waals surface area contributed by atoms with Crippen LogP contribution in [-0.4, -0.2) is 46.3 Å². The number of carboxylic acids is 1. The summed E-state index contributed by atoms with van der Waals surface area (Å²) in [6.07, 6.45) is 0. The van der Waals surface area contributed by atoms with E-state index in [1.165, 1.54) is 13.8 Å². The van der Waals surface area contributed by atoms with Gasteiger partial charge in [-0.15, -0.1) is 0 Å². The Balaban J connectivity index is 1.92. The topological polar surface area (TPSA) is 102 Å². The number of aromatic nitrogens is 1. The molecule has 0 spiro atoms. The molecule has 1 aromatic heterocycles. The normalized spacial score (nSPS) is 13.2. The molecule has 2 aromatic carbocycles. The number of nitrogens with zero attached hydrogens (tertiary/aromatic N) is 2. The fraction of sp³-hybridized carbons (Fsp3) is 0.370. The lowest BCUT2D eigenvalue weighted by atomic mass is 10.0. The van der Waals surface area contributed by atoms with E-state index in [0.29, 0.717) is 36.2 Å². The molecule has 8 heteroatoms. The number of carbonyl (C=O) groups excluding carboxylic acids is 1. The number of quaternary nitrogens is 1. The summed E-state index contributed by atoms with van der Waals surface area (Å²) < 4.78 is 11.8. The van der Waals surface area contributed by atoms with Gasteiger partial charge < -0.3 is 19.6 Å². The van der Waals surface area contributed by atoms with Crippen LogP contribution in [0, 0.1) is 20.8 Å². The van der Waals surface area contributed by atoms with E-state index in [4.69, 9.17) is 14.1 Å². The molecular formula is C27H34N3O5+. The second-order valence-corrected chi connectivity index (χ2v) is 9.63. The number of aliphatic carboxylic acids is 1. The minimum atomic E-state index is -1.36. The Morgan fingerprint density at radius 3 is 2.23 bits per heavy atom. The Morgan fingerprint density at radius 1 is 1.09 bits per heavy atom. The van der Waals surface area contributed by atoms with Gasteiger partial charge in [-0.1, -0.05) is 18.2 Å². The zero-order valence-corrected chi connectivity index (χ0v) is 21.4. The van der Waals surface area contributed by atoms with Crippen LogP contribution in [0.25, 0.3) is 11.5 Å². The van der Waals surface area contributed by atoms with Crippen LogP contribution in [0.3, 0.4) is 0 Å². The maximum Gasteiger partial charge on any atom is 0.416 e. The van der Waals surface area contributed by atoms with Gasteiger partial charge in [0.25, 0.3) is 0 Å². The Morgan fingerprint density at radius 2 is 1.69 bits per heavy atom. The molecular weight excluding hydrogens is 446 g/mol. The number of hydrogen-bond acceptors (Lipinski definition) is 5. The highest BCUT2D eigenvalue weighted by Crippen LogP contribution is 2.31. The van der Waals surface area contributed by atoms with Gasteiger partial charge in [0.1, 0.15) is 30.3 Å². The standard InChI is InChI=1S/C27H33N3O5/c1-17-13-20(14-18(2)23(17)35-27(4,5)25(31)32)15-30(7,26(33)28-6)16-22-19(3)34-24(29-22)21-11-9-8-10-12-21/h8-14H,15-16H2,1-7H3,(H-,28,31,32,33)/p+1. The Labute approximate surface area is 206 Å². The van der Waals surface area contributed by atoms with E-state index in [1.54, 1.807) is 7.05 Å². The first kappa shape index (κ1) is 26.0. The first-order chi connectivity index (χ1) is 16.4. The Hall–Kier alpha value is -3.65. The molecule has 35 heavy (non-hydrogen) atoms. The van der Waals surface area contributed by atoms with Gasteiger partial charge in [-0.3, -0.25) is 0 Å². The predicted octanol–water partition coefficient (Wildman–Crippen LogP) is 5.00. The molecule has 0 fully saturated rings. The van der Waals surface area contributed by atoms with E-state index in [0.717, 1.165) is 22.3 Å². The summed E-state index contributed by atoms with van der Waals surface area (Å²) in [6, 6.07) is 13.4. The molecule has 2 N–H and O–H groups in total. The van der Waals surface area contributed by atoms with Gasteiger partial charge in [-0.2, -0.15) is 0 Å². The van der Waals surface area contributed by atoms with Gasteiger partial charge in [0.15, 0.2) is 5.60 Å². The van der Waals surface area contributed by atoms with Crippen molar-refractivity contribution in [3.05, 3.63) is 70.6 Å². The van der Waals surface area contributed by atoms with E-state index in [2.05, 4.69) is 5.32 Å². The molecule has 3 rings (SSSR count). The number of nitrogens with one attached hydrogen (secondary N) is 1. The van der Waals surface area contributed by atoms with E-state index in [-0.39, 0.29) is 10.5 Å². The van der Waals surface area contributed by atoms with Crippen molar-refractivity contribution in [1.82, 2.24) is 10.3 Å². The summed E-state index contributed by atoms with van der Waals surface area (Å²) in [4.78, 5) is 29.3. The molecule has 1 heterocycles. The van der Waals surface area contributed by atoms with Crippen molar-refractivity contribution in [1.29, 1.82) is 0 Å². The first-order valence-corrected chi connectivity index (χ1v) is 11.5. The number of rotatable bonds is 8. The molecule has 0 radical (unpaired) electrons. The highest BCUT2D eigenvalue weighted by atomic mass is 16.5. The van der Waals surface area contributed by atoms with E-state index >= 15 is 0 Å². The van der Waals surface area contributed by atoms with Gasteiger partial charge in [0.05, 0.1) is 7.05 Å². The van der Waals surface area contributed by atoms with Crippen molar-refractivity contribution in [2.45, 2.75) is 53.3 Å². The van der Waals surface area contributed by atoms with Crippen LogP contribution >= 0.6 is 0 Å². The fourth-order valence-corrected chi connectivity index (χ4v) is 4.07. The van der Waals surface area contributed by atoms with Gasteiger partial charge in [0.2, 0.25) is 5.89 Å². The van der Waals surface area contributed by atoms with Crippen molar-refractivity contribution in [3.63, 3.8) is 0 Å². The minimum Gasteiger partial charge on any atom is -0.478 e. The molecule has 0 bridgehead atoms. The van der Waals surface area contributed by atoms with Crippen molar-refractivity contribution >= 4 is 12.0 Å². The molecule has 186 valence electrons. The summed E-state index contributed by atoms with van der Waals surface area (Å²) >= 11 is 0. The van der Waals surface area contributed by atoms with Crippen molar-refractivity contribution in [3.8, 4) is 17.2 Å². The number of carboxylic acid groups (broad SMARTS) is 1. The molecule has 8 nitrogen and oxygen atoms in total. The quantitative estimate of drug-likeness (QED) is 0.440. The summed E-state index contributed by atoms with van der Waals surface area (Å²) in [7, 11) is 3.48. The van der Waals surface area contributed by atoms with Crippen molar-refractivity contribution < 1.29 is 28.3 Å². The number of aryl methyl sites for hydroxylation is 3. The monoisotopic (exact) mass is 480 g/mol. The Kier molecular flexibility index (Phi) is 7.36. The second-order valence-electron chi connectivity index (χ2n) is 9.63. The predicted molar refractivity (Wildman–Crippen MR) is 133 cm³/mol. The number of benzene rings is 2. The molecule has 0 saturated heterocycles. The highest BCUT2D eigenvalue weighted by Gasteiger charge is 2.35. The SMILES string of the molecule is CNC(=O)[N+](C)(Cc1cc(C)c(OC(C)(C)C(=O)O)c(C)c1)Cc1nc(-c2ccccc2)oc1C. The van der Waals surface area contributed by atoms with Crippen molar-refractivity contribution in [2.75, 3.05) is 14.1 Å². The van der Waals surface area contributed by atoms with Crippen LogP contribution in [0.1, 0.15) is 42.0 Å². The number of ether oxygens (including phenoxy) is 1. The number of amides is 2. The zero-order valence-electron chi connectivity index (χ0n) is 21.4. The summed E-state index contributed by atoms with van der Waals surface area (Å²) in [6.45, 7) is 9.38. The summed E-state index contributed by atoms with van der Waals surface area (Å²) in [5.41, 5.74) is 2.78. The van der Waals surface area contributed by atoms with Crippen LogP contribution in [0.5, 0.6) is 5.75 Å². The largest absolute Gasteiger partial charge is 0.478 e. The average Bonchev–Trinajstić information content (AvgIpc) is 3.16. The smallest absolute Gasteiger partial charge is 0.416 e. The molecule has 0 aliphatic heterocycles. The third kappa shape index (κ3) is 5.71. The highest BCUT2D eigenvalue weighted by molar-refractivity contribution is 5.77. The third-order valence-corrected chi connectivity index (χ3v) is 6.04. The number of oxazole rings is 1.